The third kappa shape index (κ3) is 5.36. The van der Waals surface area contributed by atoms with E-state index < -0.39 is 34.3 Å². The molecule has 2 aliphatic rings. The Labute approximate surface area is 325 Å². The van der Waals surface area contributed by atoms with Gasteiger partial charge in [-0.15, -0.1) is 20.4 Å². The molecule has 6 heterocycles. The van der Waals surface area contributed by atoms with Gasteiger partial charge in [-0.3, -0.25) is 9.13 Å². The Morgan fingerprint density at radius 3 is 1.60 bits per heavy atom. The molecule has 14 heteroatoms. The van der Waals surface area contributed by atoms with Crippen LogP contribution in [-0.2, 0) is 11.1 Å². The van der Waals surface area contributed by atoms with Crippen molar-refractivity contribution in [3.8, 4) is 33.6 Å². The summed E-state index contributed by atoms with van der Waals surface area (Å²) < 4.78 is 63.3. The fourth-order valence-electron chi connectivity index (χ4n) is 8.68. The van der Waals surface area contributed by atoms with Crippen molar-refractivity contribution in [2.75, 3.05) is 10.6 Å². The van der Waals surface area contributed by atoms with Gasteiger partial charge in [-0.1, -0.05) is 0 Å². The highest BCUT2D eigenvalue weighted by atomic mass is 19.1. The minimum Gasteiger partial charge on any atom is -0.371 e. The highest BCUT2D eigenvalue weighted by Gasteiger charge is 2.38. The highest BCUT2D eigenvalue weighted by Crippen LogP contribution is 2.46. The number of aromatic amines is 2. The van der Waals surface area contributed by atoms with E-state index in [4.69, 9.17) is 0 Å². The van der Waals surface area contributed by atoms with Crippen molar-refractivity contribution in [1.29, 1.82) is 0 Å². The monoisotopic (exact) mass is 772 g/mol. The Hall–Kier alpha value is -6.44. The molecule has 0 atom stereocenters. The molecular weight excluding hydrogens is 733 g/mol. The number of nitrogens with zero attached hydrogens (tertiary/aromatic N) is 6. The standard InChI is InChI=1S/C22H21F2N5.C21H19F2N5/c1-10-9-25-19-14(10)6-13(23)7-15(19)18-11(2)20-17(8-16(18)24)26-22(4,5)21-28-27-12(3)29(20)21;1-10-17(14-8-13(22)7-12-5-6-24-18(12)14)15(23)9-16-19(10)28-11(2)26-27-20(28)21(3,4)25-16/h6-9,25-26H,1-5H3;5-9,24-25H,1-4H3. The van der Waals surface area contributed by atoms with Crippen molar-refractivity contribution in [2.45, 2.75) is 73.4 Å². The fourth-order valence-corrected chi connectivity index (χ4v) is 8.68. The summed E-state index contributed by atoms with van der Waals surface area (Å²) in [6, 6.07) is 10.4. The highest BCUT2D eigenvalue weighted by molar-refractivity contribution is 5.99. The second kappa shape index (κ2) is 12.3. The first kappa shape index (κ1) is 36.2. The van der Waals surface area contributed by atoms with Gasteiger partial charge >= 0.3 is 0 Å². The molecule has 57 heavy (non-hydrogen) atoms. The van der Waals surface area contributed by atoms with Gasteiger partial charge in [0.2, 0.25) is 0 Å². The molecule has 4 aromatic heterocycles. The number of aromatic nitrogens is 8. The Kier molecular flexibility index (Phi) is 7.80. The largest absolute Gasteiger partial charge is 0.371 e. The van der Waals surface area contributed by atoms with E-state index >= 15 is 8.78 Å². The lowest BCUT2D eigenvalue weighted by atomic mass is 9.92. The van der Waals surface area contributed by atoms with Crippen molar-refractivity contribution >= 4 is 33.2 Å². The molecule has 0 fully saturated rings. The average molecular weight is 773 g/mol. The lowest BCUT2D eigenvalue weighted by molar-refractivity contribution is 0.532. The van der Waals surface area contributed by atoms with Crippen LogP contribution in [0.25, 0.3) is 55.4 Å². The lowest BCUT2D eigenvalue weighted by Crippen LogP contribution is -2.36. The minimum absolute atomic E-state index is 0.367. The first-order valence-corrected chi connectivity index (χ1v) is 18.6. The Bertz CT molecular complexity index is 2980. The van der Waals surface area contributed by atoms with Crippen molar-refractivity contribution in [3.05, 3.63) is 118 Å². The van der Waals surface area contributed by atoms with E-state index in [1.54, 1.807) is 12.3 Å². The molecule has 0 bridgehead atoms. The van der Waals surface area contributed by atoms with Gasteiger partial charge in [0, 0.05) is 45.4 Å². The number of nitrogens with one attached hydrogen (secondary N) is 4. The van der Waals surface area contributed by atoms with Gasteiger partial charge < -0.3 is 20.6 Å². The predicted molar refractivity (Wildman–Crippen MR) is 214 cm³/mol. The quantitative estimate of drug-likeness (QED) is 0.130. The summed E-state index contributed by atoms with van der Waals surface area (Å²) in [7, 11) is 0. The van der Waals surface area contributed by atoms with Crippen LogP contribution >= 0.6 is 0 Å². The predicted octanol–water partition coefficient (Wildman–Crippen LogP) is 10.3. The SMILES string of the molecule is Cc1c(-c2cc(F)cc3c(C)c[nH]c23)c(F)cc2c1-n1c(C)nnc1C(C)(C)N2.Cc1c(-c2cc(F)cc3cc[nH]c23)c(F)cc2c1-n1c(C)nnc1C(C)(C)N2. The van der Waals surface area contributed by atoms with E-state index in [9.17, 15) is 8.78 Å². The third-order valence-corrected chi connectivity index (χ3v) is 11.2. The summed E-state index contributed by atoms with van der Waals surface area (Å²) in [5.41, 5.74) is 7.38. The molecule has 0 saturated heterocycles. The first-order valence-electron chi connectivity index (χ1n) is 18.6. The molecular formula is C43H40F4N10. The molecule has 2 aliphatic heterocycles. The molecule has 0 aliphatic carbocycles. The first-order chi connectivity index (χ1) is 27.0. The van der Waals surface area contributed by atoms with Crippen LogP contribution in [0.2, 0.25) is 0 Å². The fraction of sp³-hybridized carbons (Fsp3) is 0.256. The number of H-pyrrole nitrogens is 2. The summed E-state index contributed by atoms with van der Waals surface area (Å²) in [4.78, 5) is 6.28. The lowest BCUT2D eigenvalue weighted by Gasteiger charge is -2.35. The molecule has 0 amide bonds. The zero-order chi connectivity index (χ0) is 40.5. The smallest absolute Gasteiger partial charge is 0.162 e. The summed E-state index contributed by atoms with van der Waals surface area (Å²) in [6.07, 6.45) is 3.54. The van der Waals surface area contributed by atoms with Crippen LogP contribution in [0.1, 0.15) is 67.7 Å². The molecule has 0 saturated carbocycles. The molecule has 0 unspecified atom stereocenters. The Balaban J connectivity index is 0.000000148. The normalized spacial score (nSPS) is 14.6. The van der Waals surface area contributed by atoms with Gasteiger partial charge in [-0.05, 0) is 121 Å². The van der Waals surface area contributed by atoms with Crippen LogP contribution < -0.4 is 10.6 Å². The maximum atomic E-state index is 15.4. The number of hydrogen-bond acceptors (Lipinski definition) is 6. The van der Waals surface area contributed by atoms with E-state index in [2.05, 4.69) is 41.0 Å². The van der Waals surface area contributed by atoms with Crippen LogP contribution in [0.15, 0.2) is 54.9 Å². The Morgan fingerprint density at radius 1 is 0.579 bits per heavy atom. The second-order valence-corrected chi connectivity index (χ2v) is 16.1. The van der Waals surface area contributed by atoms with Gasteiger partial charge in [0.15, 0.2) is 11.6 Å². The summed E-state index contributed by atoms with van der Waals surface area (Å²) in [5.74, 6) is 1.33. The Morgan fingerprint density at radius 2 is 1.07 bits per heavy atom. The second-order valence-electron chi connectivity index (χ2n) is 16.1. The van der Waals surface area contributed by atoms with Crippen LogP contribution in [0.5, 0.6) is 0 Å². The minimum atomic E-state index is -0.503. The molecule has 8 aromatic rings. The molecule has 290 valence electrons. The topological polar surface area (TPSA) is 117 Å². The molecule has 10 rings (SSSR count). The van der Waals surface area contributed by atoms with Crippen molar-refractivity contribution in [3.63, 3.8) is 0 Å². The summed E-state index contributed by atoms with van der Waals surface area (Å²) >= 11 is 0. The van der Waals surface area contributed by atoms with Crippen molar-refractivity contribution < 1.29 is 17.6 Å². The molecule has 4 N–H and O–H groups in total. The number of aryl methyl sites for hydroxylation is 3. The van der Waals surface area contributed by atoms with Crippen molar-refractivity contribution in [1.82, 2.24) is 39.5 Å². The van der Waals surface area contributed by atoms with Gasteiger partial charge in [-0.25, -0.2) is 17.6 Å². The number of anilines is 2. The molecule has 4 aromatic carbocycles. The molecule has 10 nitrogen and oxygen atoms in total. The van der Waals surface area contributed by atoms with Gasteiger partial charge in [0.05, 0.1) is 44.9 Å². The van der Waals surface area contributed by atoms with Gasteiger partial charge in [0.25, 0.3) is 0 Å². The maximum Gasteiger partial charge on any atom is 0.162 e. The van der Waals surface area contributed by atoms with Crippen LogP contribution in [0.3, 0.4) is 0 Å². The number of benzene rings is 4. The summed E-state index contributed by atoms with van der Waals surface area (Å²) in [6.45, 7) is 17.3. The number of hydrogen-bond donors (Lipinski definition) is 4. The average Bonchev–Trinajstić information content (AvgIpc) is 3.92. The third-order valence-electron chi connectivity index (χ3n) is 11.2. The zero-order valence-electron chi connectivity index (χ0n) is 32.9. The van der Waals surface area contributed by atoms with Gasteiger partial charge in [-0.2, -0.15) is 0 Å². The number of halogens is 4. The maximum absolute atomic E-state index is 15.4. The van der Waals surface area contributed by atoms with E-state index in [1.165, 1.54) is 36.4 Å². The van der Waals surface area contributed by atoms with E-state index in [-0.39, 0.29) is 0 Å². The number of fused-ring (bicyclic) bond motifs is 8. The molecule has 0 spiro atoms. The van der Waals surface area contributed by atoms with Gasteiger partial charge in [0.1, 0.15) is 34.9 Å². The van der Waals surface area contributed by atoms with E-state index in [0.717, 1.165) is 51.1 Å². The van der Waals surface area contributed by atoms with Crippen LogP contribution in [0, 0.1) is 57.9 Å². The van der Waals surface area contributed by atoms with Crippen LogP contribution in [0.4, 0.5) is 28.9 Å². The zero-order valence-corrected chi connectivity index (χ0v) is 32.9. The summed E-state index contributed by atoms with van der Waals surface area (Å²) in [5, 5.41) is 25.3. The van der Waals surface area contributed by atoms with Crippen molar-refractivity contribution in [2.24, 2.45) is 0 Å². The van der Waals surface area contributed by atoms with Crippen LogP contribution in [-0.4, -0.2) is 39.5 Å². The molecule has 0 radical (unpaired) electrons. The van der Waals surface area contributed by atoms with E-state index in [1.807, 2.05) is 77.6 Å². The van der Waals surface area contributed by atoms with E-state index in [0.29, 0.717) is 55.7 Å². The number of rotatable bonds is 2.